The van der Waals surface area contributed by atoms with E-state index in [-0.39, 0.29) is 5.82 Å². The molecule has 0 fully saturated rings. The van der Waals surface area contributed by atoms with Crippen LogP contribution in [0.25, 0.3) is 22.8 Å². The molecule has 2 heterocycles. The minimum atomic E-state index is -0.355. The Morgan fingerprint density at radius 3 is 2.62 bits per heavy atom. The normalized spacial score (nSPS) is 11.0. The zero-order chi connectivity index (χ0) is 20.2. The number of nitrogens with zero attached hydrogens (tertiary/aromatic N) is 5. The van der Waals surface area contributed by atoms with Gasteiger partial charge in [0.2, 0.25) is 11.8 Å². The third-order valence-electron chi connectivity index (χ3n) is 4.03. The second-order valence-corrected chi connectivity index (χ2v) is 7.36. The van der Waals surface area contributed by atoms with Crippen LogP contribution < -0.4 is 0 Å². The molecule has 4 rings (SSSR count). The number of hydrogen-bond donors (Lipinski definition) is 0. The number of thioether (sulfide) groups is 1. The van der Waals surface area contributed by atoms with Crippen molar-refractivity contribution in [3.63, 3.8) is 0 Å². The molecule has 0 bridgehead atoms. The predicted octanol–water partition coefficient (Wildman–Crippen LogP) is 5.27. The first kappa shape index (κ1) is 19.4. The highest BCUT2D eigenvalue weighted by Gasteiger charge is 2.17. The molecule has 146 valence electrons. The summed E-state index contributed by atoms with van der Waals surface area (Å²) in [6, 6.07) is 13.6. The van der Waals surface area contributed by atoms with Gasteiger partial charge in [0.05, 0.1) is 11.3 Å². The highest BCUT2D eigenvalue weighted by Crippen LogP contribution is 2.28. The third kappa shape index (κ3) is 4.23. The summed E-state index contributed by atoms with van der Waals surface area (Å²) < 4.78 is 21.7. The van der Waals surface area contributed by atoms with E-state index >= 15 is 0 Å². The van der Waals surface area contributed by atoms with Crippen LogP contribution in [-0.2, 0) is 12.3 Å². The summed E-state index contributed by atoms with van der Waals surface area (Å²) in [5.41, 5.74) is 1.17. The average molecular weight is 428 g/mol. The van der Waals surface area contributed by atoms with Crippen LogP contribution in [0.15, 0.2) is 70.8 Å². The van der Waals surface area contributed by atoms with E-state index in [0.717, 1.165) is 5.56 Å². The molecule has 6 nitrogen and oxygen atoms in total. The van der Waals surface area contributed by atoms with Gasteiger partial charge in [0.1, 0.15) is 5.82 Å². The molecule has 4 aromatic rings. The Labute approximate surface area is 175 Å². The summed E-state index contributed by atoms with van der Waals surface area (Å²) in [7, 11) is 0. The Morgan fingerprint density at radius 2 is 1.86 bits per heavy atom. The van der Waals surface area contributed by atoms with Crippen LogP contribution in [0.1, 0.15) is 5.89 Å². The van der Waals surface area contributed by atoms with Gasteiger partial charge >= 0.3 is 0 Å². The Hall–Kier alpha value is -2.97. The predicted molar refractivity (Wildman–Crippen MR) is 110 cm³/mol. The topological polar surface area (TPSA) is 69.6 Å². The summed E-state index contributed by atoms with van der Waals surface area (Å²) in [5.74, 6) is 1.34. The lowest BCUT2D eigenvalue weighted by molar-refractivity contribution is 0.528. The fourth-order valence-corrected chi connectivity index (χ4v) is 3.59. The zero-order valence-corrected chi connectivity index (χ0v) is 16.7. The molecule has 0 unspecified atom stereocenters. The zero-order valence-electron chi connectivity index (χ0n) is 15.1. The van der Waals surface area contributed by atoms with Crippen molar-refractivity contribution in [2.45, 2.75) is 17.5 Å². The van der Waals surface area contributed by atoms with Crippen molar-refractivity contribution >= 4 is 23.4 Å². The number of allylic oxidation sites excluding steroid dienone is 1. The van der Waals surface area contributed by atoms with Crippen LogP contribution in [0.4, 0.5) is 4.39 Å². The standard InChI is InChI=1S/C20H15ClFN5OS/c1-2-11-27-18(15-5-3-4-6-16(15)22)24-26-20(27)29-12-17-23-25-19(28-17)13-7-9-14(21)10-8-13/h2-10H,1,11-12H2. The first-order chi connectivity index (χ1) is 14.2. The summed E-state index contributed by atoms with van der Waals surface area (Å²) in [6.45, 7) is 4.21. The van der Waals surface area contributed by atoms with Crippen molar-refractivity contribution in [3.05, 3.63) is 77.9 Å². The first-order valence-corrected chi connectivity index (χ1v) is 10.0. The van der Waals surface area contributed by atoms with E-state index in [1.54, 1.807) is 41.0 Å². The lowest BCUT2D eigenvalue weighted by Gasteiger charge is -2.07. The van der Waals surface area contributed by atoms with Crippen LogP contribution in [-0.4, -0.2) is 25.0 Å². The maximum Gasteiger partial charge on any atom is 0.247 e. The van der Waals surface area contributed by atoms with Gasteiger partial charge in [-0.15, -0.1) is 27.0 Å². The molecule has 0 aliphatic heterocycles. The molecule has 0 aliphatic rings. The molecule has 9 heteroatoms. The second-order valence-electron chi connectivity index (χ2n) is 5.98. The van der Waals surface area contributed by atoms with E-state index in [4.69, 9.17) is 16.0 Å². The summed E-state index contributed by atoms with van der Waals surface area (Å²) in [5, 5.41) is 17.8. The SMILES string of the molecule is C=CCn1c(SCc2nnc(-c3ccc(Cl)cc3)o2)nnc1-c1ccccc1F. The molecule has 0 saturated heterocycles. The fraction of sp³-hybridized carbons (Fsp3) is 0.100. The van der Waals surface area contributed by atoms with E-state index in [1.165, 1.54) is 17.8 Å². The Balaban J connectivity index is 1.54. The van der Waals surface area contributed by atoms with E-state index in [9.17, 15) is 4.39 Å². The van der Waals surface area contributed by atoms with Gasteiger partial charge in [0.15, 0.2) is 11.0 Å². The van der Waals surface area contributed by atoms with Gasteiger partial charge in [0.25, 0.3) is 0 Å². The molecule has 0 N–H and O–H groups in total. The number of rotatable bonds is 7. The molecule has 0 aliphatic carbocycles. The Kier molecular flexibility index (Phi) is 5.73. The maximum atomic E-state index is 14.2. The van der Waals surface area contributed by atoms with Gasteiger partial charge in [-0.1, -0.05) is 41.6 Å². The van der Waals surface area contributed by atoms with Gasteiger partial charge in [-0.05, 0) is 36.4 Å². The van der Waals surface area contributed by atoms with Crippen LogP contribution in [0.3, 0.4) is 0 Å². The van der Waals surface area contributed by atoms with Crippen LogP contribution in [0.5, 0.6) is 0 Å². The van der Waals surface area contributed by atoms with Crippen molar-refractivity contribution in [3.8, 4) is 22.8 Å². The molecule has 0 radical (unpaired) electrons. The third-order valence-corrected chi connectivity index (χ3v) is 5.23. The van der Waals surface area contributed by atoms with Crippen molar-refractivity contribution in [2.75, 3.05) is 0 Å². The molecule has 2 aromatic heterocycles. The monoisotopic (exact) mass is 427 g/mol. The lowest BCUT2D eigenvalue weighted by atomic mass is 10.2. The quantitative estimate of drug-likeness (QED) is 0.296. The molecule has 29 heavy (non-hydrogen) atoms. The highest BCUT2D eigenvalue weighted by molar-refractivity contribution is 7.98. The highest BCUT2D eigenvalue weighted by atomic mass is 35.5. The first-order valence-electron chi connectivity index (χ1n) is 8.66. The molecule has 0 atom stereocenters. The van der Waals surface area contributed by atoms with E-state index < -0.39 is 0 Å². The summed E-state index contributed by atoms with van der Waals surface area (Å²) in [4.78, 5) is 0. The largest absolute Gasteiger partial charge is 0.420 e. The fourth-order valence-electron chi connectivity index (χ4n) is 2.68. The lowest BCUT2D eigenvalue weighted by Crippen LogP contribution is -2.01. The van der Waals surface area contributed by atoms with Gasteiger partial charge in [-0.25, -0.2) is 4.39 Å². The number of aromatic nitrogens is 5. The van der Waals surface area contributed by atoms with Gasteiger partial charge in [0, 0.05) is 17.1 Å². The average Bonchev–Trinajstić information content (AvgIpc) is 3.35. The van der Waals surface area contributed by atoms with Gasteiger partial charge in [-0.2, -0.15) is 0 Å². The van der Waals surface area contributed by atoms with Crippen LogP contribution >= 0.6 is 23.4 Å². The van der Waals surface area contributed by atoms with Crippen molar-refractivity contribution < 1.29 is 8.81 Å². The molecule has 0 saturated carbocycles. The van der Waals surface area contributed by atoms with Gasteiger partial charge in [-0.3, -0.25) is 4.57 Å². The second kappa shape index (κ2) is 8.59. The smallest absolute Gasteiger partial charge is 0.247 e. The Morgan fingerprint density at radius 1 is 1.07 bits per heavy atom. The minimum Gasteiger partial charge on any atom is -0.420 e. The summed E-state index contributed by atoms with van der Waals surface area (Å²) in [6.07, 6.45) is 1.71. The number of hydrogen-bond acceptors (Lipinski definition) is 6. The minimum absolute atomic E-state index is 0.355. The number of benzene rings is 2. The molecular formula is C20H15ClFN5OS. The molecular weight excluding hydrogens is 413 g/mol. The summed E-state index contributed by atoms with van der Waals surface area (Å²) >= 11 is 7.28. The number of halogens is 2. The molecule has 2 aromatic carbocycles. The van der Waals surface area contributed by atoms with Crippen LogP contribution in [0, 0.1) is 5.82 Å². The van der Waals surface area contributed by atoms with Gasteiger partial charge < -0.3 is 4.42 Å². The van der Waals surface area contributed by atoms with Crippen molar-refractivity contribution in [1.29, 1.82) is 0 Å². The van der Waals surface area contributed by atoms with Crippen LogP contribution in [0.2, 0.25) is 5.02 Å². The molecule has 0 amide bonds. The van der Waals surface area contributed by atoms with E-state index in [2.05, 4.69) is 27.0 Å². The Bertz CT molecular complexity index is 1140. The van der Waals surface area contributed by atoms with Crippen molar-refractivity contribution in [2.24, 2.45) is 0 Å². The molecule has 0 spiro atoms. The van der Waals surface area contributed by atoms with E-state index in [0.29, 0.717) is 45.6 Å². The van der Waals surface area contributed by atoms with Crippen molar-refractivity contribution in [1.82, 2.24) is 25.0 Å². The maximum absolute atomic E-state index is 14.2. The van der Waals surface area contributed by atoms with E-state index in [1.807, 2.05) is 12.1 Å².